The molecule has 124 valence electrons. The molecule has 0 atom stereocenters. The molecule has 0 rings (SSSR count). The molecule has 0 N–H and O–H groups in total. The zero-order valence-corrected chi connectivity index (χ0v) is 14.2. The van der Waals surface area contributed by atoms with Crippen LogP contribution in [0, 0.1) is 5.92 Å². The van der Waals surface area contributed by atoms with E-state index in [1.54, 1.807) is 34.6 Å². The number of carbonyl (C=O) groups is 2. The van der Waals surface area contributed by atoms with Crippen molar-refractivity contribution in [3.05, 3.63) is 0 Å². The first-order valence-corrected chi connectivity index (χ1v) is 9.02. The highest BCUT2D eigenvalue weighted by Gasteiger charge is 2.31. The average Bonchev–Trinajstić information content (AvgIpc) is 2.32. The molecule has 0 aliphatic carbocycles. The van der Waals surface area contributed by atoms with Gasteiger partial charge < -0.3 is 9.47 Å². The first-order valence-electron chi connectivity index (χ1n) is 7.20. The van der Waals surface area contributed by atoms with Crippen LogP contribution in [0.1, 0.15) is 47.5 Å². The summed E-state index contributed by atoms with van der Waals surface area (Å²) in [5.41, 5.74) is 0. The molecule has 0 unspecified atom stereocenters. The molecular formula is C14H26O6S. The number of hydrogen-bond acceptors (Lipinski definition) is 6. The number of carbonyl (C=O) groups excluding carboxylic acids is 2. The Morgan fingerprint density at radius 1 is 0.952 bits per heavy atom. The van der Waals surface area contributed by atoms with Crippen LogP contribution in [0.3, 0.4) is 0 Å². The first kappa shape index (κ1) is 19.9. The van der Waals surface area contributed by atoms with E-state index in [4.69, 9.17) is 9.47 Å². The standard InChI is InChI=1S/C14H26O6S/c1-6-21(17,18)9-7-8-12(13(15)19-10(2)3)14(16)20-11(4)5/h10-12H,6-9H2,1-5H3. The molecule has 0 saturated carbocycles. The zero-order valence-electron chi connectivity index (χ0n) is 13.4. The van der Waals surface area contributed by atoms with Crippen LogP contribution in [0.2, 0.25) is 0 Å². The monoisotopic (exact) mass is 322 g/mol. The highest BCUT2D eigenvalue weighted by molar-refractivity contribution is 7.91. The molecular weight excluding hydrogens is 296 g/mol. The zero-order chi connectivity index (χ0) is 16.6. The van der Waals surface area contributed by atoms with Crippen molar-refractivity contribution in [1.82, 2.24) is 0 Å². The van der Waals surface area contributed by atoms with Crippen LogP contribution in [0.5, 0.6) is 0 Å². The molecule has 0 aliphatic heterocycles. The first-order chi connectivity index (χ1) is 9.59. The summed E-state index contributed by atoms with van der Waals surface area (Å²) in [4.78, 5) is 23.9. The van der Waals surface area contributed by atoms with E-state index >= 15 is 0 Å². The smallest absolute Gasteiger partial charge is 0.320 e. The van der Waals surface area contributed by atoms with Gasteiger partial charge in [-0.05, 0) is 40.5 Å². The summed E-state index contributed by atoms with van der Waals surface area (Å²) in [5, 5.41) is 0. The molecule has 0 bridgehead atoms. The Bertz CT molecular complexity index is 416. The van der Waals surface area contributed by atoms with E-state index in [1.807, 2.05) is 0 Å². The van der Waals surface area contributed by atoms with E-state index in [1.165, 1.54) is 0 Å². The Hall–Kier alpha value is -1.11. The molecule has 0 fully saturated rings. The molecule has 0 spiro atoms. The quantitative estimate of drug-likeness (QED) is 0.474. The maximum absolute atomic E-state index is 11.9. The van der Waals surface area contributed by atoms with Gasteiger partial charge in [0, 0.05) is 5.75 Å². The third kappa shape index (κ3) is 8.70. The van der Waals surface area contributed by atoms with Gasteiger partial charge in [-0.3, -0.25) is 9.59 Å². The van der Waals surface area contributed by atoms with Gasteiger partial charge in [0.15, 0.2) is 5.92 Å². The van der Waals surface area contributed by atoms with Gasteiger partial charge in [-0.1, -0.05) is 6.92 Å². The lowest BCUT2D eigenvalue weighted by molar-refractivity contribution is -0.166. The summed E-state index contributed by atoms with van der Waals surface area (Å²) in [5.74, 6) is -2.40. The molecule has 0 aliphatic rings. The lowest BCUT2D eigenvalue weighted by atomic mass is 10.0. The van der Waals surface area contributed by atoms with Crippen molar-refractivity contribution in [3.8, 4) is 0 Å². The molecule has 0 aromatic heterocycles. The molecule has 0 heterocycles. The van der Waals surface area contributed by atoms with E-state index in [2.05, 4.69) is 0 Å². The van der Waals surface area contributed by atoms with Gasteiger partial charge in [0.2, 0.25) is 0 Å². The van der Waals surface area contributed by atoms with Crippen molar-refractivity contribution in [3.63, 3.8) is 0 Å². The summed E-state index contributed by atoms with van der Waals surface area (Å²) in [6.07, 6.45) is -0.352. The Balaban J connectivity index is 4.73. The minimum absolute atomic E-state index is 0.0462. The minimum atomic E-state index is -3.12. The highest BCUT2D eigenvalue weighted by atomic mass is 32.2. The normalized spacial score (nSPS) is 12.0. The number of rotatable bonds is 9. The van der Waals surface area contributed by atoms with Gasteiger partial charge in [0.05, 0.1) is 18.0 Å². The molecule has 7 heteroatoms. The lowest BCUT2D eigenvalue weighted by Crippen LogP contribution is -2.31. The van der Waals surface area contributed by atoms with Gasteiger partial charge in [-0.15, -0.1) is 0 Å². The molecule has 0 amide bonds. The summed E-state index contributed by atoms with van der Waals surface area (Å²) in [7, 11) is -3.12. The van der Waals surface area contributed by atoms with Crippen LogP contribution in [0.4, 0.5) is 0 Å². The summed E-state index contributed by atoms with van der Waals surface area (Å²) in [6, 6.07) is 0. The van der Waals surface area contributed by atoms with Crippen LogP contribution in [0.25, 0.3) is 0 Å². The molecule has 0 aromatic carbocycles. The largest absolute Gasteiger partial charge is 0.462 e. The predicted molar refractivity (Wildman–Crippen MR) is 79.5 cm³/mol. The van der Waals surface area contributed by atoms with Gasteiger partial charge in [-0.25, -0.2) is 8.42 Å². The molecule has 0 radical (unpaired) electrons. The van der Waals surface area contributed by atoms with Gasteiger partial charge in [0.1, 0.15) is 9.84 Å². The Kier molecular flexibility index (Phi) is 8.54. The molecule has 0 saturated heterocycles. The fourth-order valence-electron chi connectivity index (χ4n) is 1.61. The van der Waals surface area contributed by atoms with Crippen molar-refractivity contribution in [2.75, 3.05) is 11.5 Å². The average molecular weight is 322 g/mol. The number of sulfone groups is 1. The molecule has 6 nitrogen and oxygen atoms in total. The van der Waals surface area contributed by atoms with Gasteiger partial charge in [-0.2, -0.15) is 0 Å². The summed E-state index contributed by atoms with van der Waals surface area (Å²) >= 11 is 0. The van der Waals surface area contributed by atoms with E-state index in [9.17, 15) is 18.0 Å². The Labute approximate surface area is 127 Å². The number of esters is 2. The van der Waals surface area contributed by atoms with Crippen LogP contribution in [-0.4, -0.2) is 44.1 Å². The SMILES string of the molecule is CCS(=O)(=O)CCCC(C(=O)OC(C)C)C(=O)OC(C)C. The fourth-order valence-corrected chi connectivity index (χ4v) is 2.51. The van der Waals surface area contributed by atoms with Crippen LogP contribution in [0.15, 0.2) is 0 Å². The number of hydrogen-bond donors (Lipinski definition) is 0. The minimum Gasteiger partial charge on any atom is -0.462 e. The second-order valence-corrected chi connectivity index (χ2v) is 7.88. The van der Waals surface area contributed by atoms with Gasteiger partial charge >= 0.3 is 11.9 Å². The fraction of sp³-hybridized carbons (Fsp3) is 0.857. The summed E-state index contributed by atoms with van der Waals surface area (Å²) < 4.78 is 33.0. The number of ether oxygens (including phenoxy) is 2. The molecule has 0 aromatic rings. The second kappa shape index (κ2) is 9.02. The lowest BCUT2D eigenvalue weighted by Gasteiger charge is -2.18. The third-order valence-corrected chi connectivity index (χ3v) is 4.45. The predicted octanol–water partition coefficient (Wildman–Crippen LogP) is 1.72. The van der Waals surface area contributed by atoms with Crippen molar-refractivity contribution in [1.29, 1.82) is 0 Å². The second-order valence-electron chi connectivity index (χ2n) is 5.40. The molecule has 21 heavy (non-hydrogen) atoms. The van der Waals surface area contributed by atoms with E-state index in [0.29, 0.717) is 0 Å². The maximum Gasteiger partial charge on any atom is 0.320 e. The van der Waals surface area contributed by atoms with Gasteiger partial charge in [0.25, 0.3) is 0 Å². The van der Waals surface area contributed by atoms with Crippen molar-refractivity contribution >= 4 is 21.8 Å². The Morgan fingerprint density at radius 2 is 1.38 bits per heavy atom. The van der Waals surface area contributed by atoms with Crippen LogP contribution < -0.4 is 0 Å². The van der Waals surface area contributed by atoms with E-state index in [0.717, 1.165) is 0 Å². The van der Waals surface area contributed by atoms with E-state index < -0.39 is 27.7 Å². The van der Waals surface area contributed by atoms with Crippen molar-refractivity contribution < 1.29 is 27.5 Å². The van der Waals surface area contributed by atoms with Crippen LogP contribution in [-0.2, 0) is 28.9 Å². The van der Waals surface area contributed by atoms with E-state index in [-0.39, 0.29) is 36.6 Å². The van der Waals surface area contributed by atoms with Crippen molar-refractivity contribution in [2.24, 2.45) is 5.92 Å². The summed E-state index contributed by atoms with van der Waals surface area (Å²) in [6.45, 7) is 8.30. The highest BCUT2D eigenvalue weighted by Crippen LogP contribution is 2.15. The van der Waals surface area contributed by atoms with Crippen molar-refractivity contribution in [2.45, 2.75) is 59.7 Å². The van der Waals surface area contributed by atoms with Crippen LogP contribution >= 0.6 is 0 Å². The third-order valence-electron chi connectivity index (χ3n) is 2.66. The maximum atomic E-state index is 11.9. The Morgan fingerprint density at radius 3 is 1.71 bits per heavy atom. The topological polar surface area (TPSA) is 86.7 Å².